The zero-order valence-corrected chi connectivity index (χ0v) is 24.5. The monoisotopic (exact) mass is 589 g/mol. The minimum Gasteiger partial charge on any atom is -0.348 e. The lowest BCUT2D eigenvalue weighted by Gasteiger charge is -2.50. The number of halogens is 1. The third-order valence-corrected chi connectivity index (χ3v) is 9.63. The van der Waals surface area contributed by atoms with Crippen LogP contribution in [0.1, 0.15) is 63.4 Å². The number of rotatable bonds is 6. The molecule has 0 fully saturated rings. The minimum atomic E-state index is -0.611. The van der Waals surface area contributed by atoms with E-state index in [0.717, 1.165) is 17.5 Å². The molecule has 42 heavy (non-hydrogen) atoms. The number of aromatic nitrogens is 1. The van der Waals surface area contributed by atoms with Gasteiger partial charge in [0, 0.05) is 39.9 Å². The van der Waals surface area contributed by atoms with Gasteiger partial charge in [-0.1, -0.05) is 84.4 Å². The van der Waals surface area contributed by atoms with E-state index < -0.39 is 5.41 Å². The highest BCUT2D eigenvalue weighted by molar-refractivity contribution is 7.14. The van der Waals surface area contributed by atoms with Crippen LogP contribution in [0.3, 0.4) is 0 Å². The van der Waals surface area contributed by atoms with Crippen LogP contribution in [0.25, 0.3) is 11.3 Å². The third kappa shape index (κ3) is 4.61. The van der Waals surface area contributed by atoms with Crippen molar-refractivity contribution in [1.82, 2.24) is 10.3 Å². The minimum absolute atomic E-state index is 0.0171. The highest BCUT2D eigenvalue weighted by Crippen LogP contribution is 2.61. The molecule has 1 atom stereocenters. The molecule has 2 amide bonds. The molecule has 5 aromatic rings. The molecule has 1 aromatic heterocycles. The number of benzene rings is 4. The van der Waals surface area contributed by atoms with Gasteiger partial charge in [0.05, 0.1) is 11.1 Å². The standard InChI is InChI=1S/C35H28ClN3O2S/c1-35(18-29-25-12-2-4-14-27(25)31(35)28-15-5-3-13-26(28)29)33(41)39-34-38-30(20-42-34)22-9-7-10-23(17-22)32(40)37-19-21-8-6-11-24(36)16-21/h2-17,20,29,31H,18-19H2,1H3,(H,37,40)(H,38,39,41). The Morgan fingerprint density at radius 1 is 0.905 bits per heavy atom. The van der Waals surface area contributed by atoms with Crippen molar-refractivity contribution in [3.8, 4) is 11.3 Å². The Hall–Kier alpha value is -4.26. The highest BCUT2D eigenvalue weighted by Gasteiger charge is 2.54. The summed E-state index contributed by atoms with van der Waals surface area (Å²) in [4.78, 5) is 31.6. The number of thiazole rings is 1. The van der Waals surface area contributed by atoms with Crippen LogP contribution in [0.4, 0.5) is 5.13 Å². The van der Waals surface area contributed by atoms with Gasteiger partial charge in [0.1, 0.15) is 0 Å². The number of nitrogens with zero attached hydrogens (tertiary/aromatic N) is 1. The van der Waals surface area contributed by atoms with Crippen molar-refractivity contribution in [2.75, 3.05) is 5.32 Å². The Morgan fingerprint density at radius 2 is 1.60 bits per heavy atom. The number of fused-ring (bicyclic) bond motifs is 1. The van der Waals surface area contributed by atoms with Gasteiger partial charge in [0.25, 0.3) is 5.91 Å². The number of anilines is 1. The Morgan fingerprint density at radius 3 is 2.31 bits per heavy atom. The second-order valence-corrected chi connectivity index (χ2v) is 12.5. The fraction of sp³-hybridized carbons (Fsp3) is 0.171. The lowest BCUT2D eigenvalue weighted by Crippen LogP contribution is -2.47. The van der Waals surface area contributed by atoms with Gasteiger partial charge in [0.15, 0.2) is 5.13 Å². The average Bonchev–Trinajstić information content (AvgIpc) is 3.48. The number of hydrogen-bond acceptors (Lipinski definition) is 4. The topological polar surface area (TPSA) is 71.1 Å². The van der Waals surface area contributed by atoms with Crippen LogP contribution in [0.5, 0.6) is 0 Å². The lowest BCUT2D eigenvalue weighted by molar-refractivity contribution is -0.126. The largest absolute Gasteiger partial charge is 0.348 e. The molecule has 208 valence electrons. The molecule has 0 spiro atoms. The van der Waals surface area contributed by atoms with E-state index >= 15 is 0 Å². The molecule has 7 heteroatoms. The van der Waals surface area contributed by atoms with E-state index in [4.69, 9.17) is 16.6 Å². The van der Waals surface area contributed by atoms with E-state index in [2.05, 4.69) is 66.1 Å². The van der Waals surface area contributed by atoms with Gasteiger partial charge in [0.2, 0.25) is 5.91 Å². The van der Waals surface area contributed by atoms with Crippen molar-refractivity contribution < 1.29 is 9.59 Å². The highest BCUT2D eigenvalue weighted by atomic mass is 35.5. The van der Waals surface area contributed by atoms with Gasteiger partial charge < -0.3 is 10.6 Å². The molecule has 0 saturated carbocycles. The van der Waals surface area contributed by atoms with Crippen molar-refractivity contribution in [3.63, 3.8) is 0 Å². The van der Waals surface area contributed by atoms with Gasteiger partial charge >= 0.3 is 0 Å². The van der Waals surface area contributed by atoms with Crippen LogP contribution >= 0.6 is 22.9 Å². The maximum absolute atomic E-state index is 14.0. The van der Waals surface area contributed by atoms with Crippen LogP contribution in [0, 0.1) is 5.41 Å². The molecular weight excluding hydrogens is 562 g/mol. The number of carbonyl (C=O) groups is 2. The Labute approximate surface area is 253 Å². The summed E-state index contributed by atoms with van der Waals surface area (Å²) in [7, 11) is 0. The summed E-state index contributed by atoms with van der Waals surface area (Å²) in [6, 6.07) is 31.9. The molecule has 4 aromatic carbocycles. The van der Waals surface area contributed by atoms with Crippen molar-refractivity contribution in [3.05, 3.63) is 141 Å². The van der Waals surface area contributed by atoms with Gasteiger partial charge in [-0.05, 0) is 65.4 Å². The van der Waals surface area contributed by atoms with Crippen LogP contribution in [-0.4, -0.2) is 16.8 Å². The third-order valence-electron chi connectivity index (χ3n) is 8.64. The van der Waals surface area contributed by atoms with Gasteiger partial charge in [-0.3, -0.25) is 9.59 Å². The first-order valence-corrected chi connectivity index (χ1v) is 15.2. The molecule has 0 saturated heterocycles. The van der Waals surface area contributed by atoms with Crippen LogP contribution in [0.2, 0.25) is 5.02 Å². The molecule has 1 heterocycles. The molecule has 0 aliphatic heterocycles. The van der Waals surface area contributed by atoms with E-state index in [1.54, 1.807) is 12.1 Å². The SMILES string of the molecule is CC1(C(=O)Nc2nc(-c3cccc(C(=O)NCc4cccc(Cl)c4)c3)cs2)CC2c3ccccc3C1c1ccccc12. The normalized spacial score (nSPS) is 20.0. The zero-order chi connectivity index (χ0) is 28.8. The van der Waals surface area contributed by atoms with E-state index in [0.29, 0.717) is 28.0 Å². The quantitative estimate of drug-likeness (QED) is 0.211. The Kier molecular flexibility index (Phi) is 6.68. The zero-order valence-electron chi connectivity index (χ0n) is 22.9. The summed E-state index contributed by atoms with van der Waals surface area (Å²) in [6.45, 7) is 2.47. The Bertz CT molecular complexity index is 1800. The summed E-state index contributed by atoms with van der Waals surface area (Å²) in [5.74, 6) is -0.0211. The molecule has 1 unspecified atom stereocenters. The van der Waals surface area contributed by atoms with Crippen LogP contribution in [-0.2, 0) is 11.3 Å². The molecule has 2 N–H and O–H groups in total. The van der Waals surface area contributed by atoms with Crippen molar-refractivity contribution >= 4 is 39.9 Å². The summed E-state index contributed by atoms with van der Waals surface area (Å²) in [5, 5.41) is 9.20. The van der Waals surface area contributed by atoms with Gasteiger partial charge in [-0.2, -0.15) is 0 Å². The van der Waals surface area contributed by atoms with Crippen LogP contribution in [0.15, 0.2) is 102 Å². The number of carbonyl (C=O) groups excluding carboxylic acids is 2. The second-order valence-electron chi connectivity index (χ2n) is 11.3. The molecular formula is C35H28ClN3O2S. The molecule has 5 nitrogen and oxygen atoms in total. The predicted molar refractivity (Wildman–Crippen MR) is 168 cm³/mol. The lowest BCUT2D eigenvalue weighted by atomic mass is 9.52. The molecule has 3 aliphatic carbocycles. The summed E-state index contributed by atoms with van der Waals surface area (Å²) in [5.41, 5.74) is 7.54. The van der Waals surface area contributed by atoms with E-state index in [9.17, 15) is 9.59 Å². The first-order valence-electron chi connectivity index (χ1n) is 14.0. The first-order chi connectivity index (χ1) is 20.4. The van der Waals surface area contributed by atoms with Crippen molar-refractivity contribution in [2.24, 2.45) is 5.41 Å². The Balaban J connectivity index is 1.09. The smallest absolute Gasteiger partial charge is 0.251 e. The van der Waals surface area contributed by atoms with Gasteiger partial charge in [-0.25, -0.2) is 4.98 Å². The molecule has 8 rings (SSSR count). The second kappa shape index (κ2) is 10.5. The molecule has 3 aliphatic rings. The summed E-state index contributed by atoms with van der Waals surface area (Å²) >= 11 is 7.46. The maximum atomic E-state index is 14.0. The number of amides is 2. The predicted octanol–water partition coefficient (Wildman–Crippen LogP) is 8.02. The summed E-state index contributed by atoms with van der Waals surface area (Å²) < 4.78 is 0. The molecule has 2 bridgehead atoms. The van der Waals surface area contributed by atoms with E-state index in [-0.39, 0.29) is 23.7 Å². The van der Waals surface area contributed by atoms with Crippen LogP contribution < -0.4 is 10.6 Å². The van der Waals surface area contributed by atoms with E-state index in [1.807, 2.05) is 41.8 Å². The fourth-order valence-corrected chi connectivity index (χ4v) is 7.57. The number of nitrogens with one attached hydrogen (secondary N) is 2. The maximum Gasteiger partial charge on any atom is 0.251 e. The number of hydrogen-bond donors (Lipinski definition) is 2. The summed E-state index contributed by atoms with van der Waals surface area (Å²) in [6.07, 6.45) is 0.752. The van der Waals surface area contributed by atoms with Crippen molar-refractivity contribution in [1.29, 1.82) is 0 Å². The van der Waals surface area contributed by atoms with Gasteiger partial charge in [-0.15, -0.1) is 11.3 Å². The first kappa shape index (κ1) is 26.6. The van der Waals surface area contributed by atoms with Crippen molar-refractivity contribution in [2.45, 2.75) is 31.7 Å². The van der Waals surface area contributed by atoms with E-state index in [1.165, 1.54) is 33.6 Å². The average molecular weight is 590 g/mol. The fourth-order valence-electron chi connectivity index (χ4n) is 6.64. The molecule has 0 radical (unpaired) electrons.